The third kappa shape index (κ3) is 4.31. The number of aliphatic imine (C=N–C) groups is 2. The molecule has 3 aromatic carbocycles. The molecule has 1 N–H and O–H groups in total. The van der Waals surface area contributed by atoms with Crippen LogP contribution in [0.15, 0.2) is 107 Å². The minimum atomic E-state index is -0.343. The molecule has 1 atom stereocenters. The molecule has 0 amide bonds. The summed E-state index contributed by atoms with van der Waals surface area (Å²) >= 11 is 0. The van der Waals surface area contributed by atoms with Gasteiger partial charge < -0.3 is 15.0 Å². The molecule has 0 radical (unpaired) electrons. The Bertz CT molecular complexity index is 1790. The number of rotatable bonds is 5. The van der Waals surface area contributed by atoms with Crippen LogP contribution >= 0.6 is 0 Å². The molecule has 2 aliphatic rings. The lowest BCUT2D eigenvalue weighted by atomic mass is 9.93. The molecule has 0 fully saturated rings. The Kier molecular flexibility index (Phi) is 6.04. The SMILES string of the molecule is CCOc1ccc(NC2=Nc3ccccc3N3C2=Nc2c(c(C)nn2-c2ccccn2)[C@H]3c2ccc(F)cc2)cc1. The van der Waals surface area contributed by atoms with Crippen LogP contribution in [0.4, 0.5) is 27.3 Å². The number of anilines is 2. The van der Waals surface area contributed by atoms with E-state index < -0.39 is 0 Å². The number of hydrogen-bond donors (Lipinski definition) is 1. The van der Waals surface area contributed by atoms with Gasteiger partial charge in [-0.1, -0.05) is 30.3 Å². The lowest BCUT2D eigenvalue weighted by Crippen LogP contribution is -2.46. The molecule has 2 aliphatic heterocycles. The van der Waals surface area contributed by atoms with Crippen LogP contribution in [0, 0.1) is 12.7 Å². The van der Waals surface area contributed by atoms with Crippen LogP contribution in [-0.2, 0) is 0 Å². The topological polar surface area (TPSA) is 79.9 Å². The molecule has 2 aromatic heterocycles. The van der Waals surface area contributed by atoms with E-state index in [9.17, 15) is 4.39 Å². The van der Waals surface area contributed by atoms with Crippen molar-refractivity contribution in [3.63, 3.8) is 0 Å². The molecule has 0 bridgehead atoms. The van der Waals surface area contributed by atoms with Crippen molar-refractivity contribution >= 4 is 34.6 Å². The van der Waals surface area contributed by atoms with Crippen molar-refractivity contribution < 1.29 is 9.13 Å². The molecule has 9 heteroatoms. The molecule has 7 rings (SSSR count). The summed E-state index contributed by atoms with van der Waals surface area (Å²) in [7, 11) is 0. The molecule has 0 saturated heterocycles. The van der Waals surface area contributed by atoms with Crippen LogP contribution in [0.25, 0.3) is 5.82 Å². The summed E-state index contributed by atoms with van der Waals surface area (Å²) in [6.07, 6.45) is 1.73. The monoisotopic (exact) mass is 543 g/mol. The molecule has 8 nitrogen and oxygen atoms in total. The Morgan fingerprint density at radius 1 is 0.902 bits per heavy atom. The Labute approximate surface area is 236 Å². The number of amidine groups is 2. The molecule has 41 heavy (non-hydrogen) atoms. The summed E-state index contributed by atoms with van der Waals surface area (Å²) < 4.78 is 21.5. The first-order chi connectivity index (χ1) is 20.1. The largest absolute Gasteiger partial charge is 0.494 e. The third-order valence-corrected chi connectivity index (χ3v) is 7.12. The zero-order chi connectivity index (χ0) is 27.9. The number of aryl methyl sites for hydroxylation is 1. The minimum Gasteiger partial charge on any atom is -0.494 e. The second-order valence-electron chi connectivity index (χ2n) is 9.71. The van der Waals surface area contributed by atoms with E-state index in [0.717, 1.165) is 39.6 Å². The number of benzene rings is 3. The fourth-order valence-corrected chi connectivity index (χ4v) is 5.33. The van der Waals surface area contributed by atoms with Crippen molar-refractivity contribution in [1.29, 1.82) is 0 Å². The van der Waals surface area contributed by atoms with E-state index in [2.05, 4.69) is 15.2 Å². The van der Waals surface area contributed by atoms with E-state index >= 15 is 0 Å². The molecule has 5 aromatic rings. The summed E-state index contributed by atoms with van der Waals surface area (Å²) in [5.41, 5.74) is 5.17. The van der Waals surface area contributed by atoms with Gasteiger partial charge in [0.05, 0.1) is 29.7 Å². The Morgan fingerprint density at radius 3 is 2.44 bits per heavy atom. The van der Waals surface area contributed by atoms with E-state index in [0.29, 0.717) is 29.9 Å². The van der Waals surface area contributed by atoms with Crippen LogP contribution in [0.2, 0.25) is 0 Å². The van der Waals surface area contributed by atoms with Crippen molar-refractivity contribution in [2.24, 2.45) is 9.98 Å². The number of nitrogens with one attached hydrogen (secondary N) is 1. The van der Waals surface area contributed by atoms with Crippen molar-refractivity contribution in [3.05, 3.63) is 120 Å². The van der Waals surface area contributed by atoms with Gasteiger partial charge in [0.15, 0.2) is 23.3 Å². The van der Waals surface area contributed by atoms with Crippen molar-refractivity contribution in [1.82, 2.24) is 14.8 Å². The van der Waals surface area contributed by atoms with Gasteiger partial charge in [-0.25, -0.2) is 19.4 Å². The molecular weight excluding hydrogens is 517 g/mol. The molecule has 4 heterocycles. The molecule has 0 aliphatic carbocycles. The highest BCUT2D eigenvalue weighted by Crippen LogP contribution is 2.48. The number of pyridine rings is 1. The van der Waals surface area contributed by atoms with Crippen LogP contribution in [0.1, 0.15) is 29.8 Å². The first-order valence-corrected chi connectivity index (χ1v) is 13.4. The van der Waals surface area contributed by atoms with Crippen LogP contribution < -0.4 is 15.0 Å². The summed E-state index contributed by atoms with van der Waals surface area (Å²) in [4.78, 5) is 16.9. The molecular formula is C32H26FN7O. The smallest absolute Gasteiger partial charge is 0.179 e. The first kappa shape index (κ1) is 24.7. The fraction of sp³-hybridized carbons (Fsp3) is 0.125. The van der Waals surface area contributed by atoms with E-state index in [4.69, 9.17) is 19.8 Å². The molecule has 0 unspecified atom stereocenters. The molecule has 0 spiro atoms. The number of hydrogen-bond acceptors (Lipinski definition) is 7. The van der Waals surface area contributed by atoms with Gasteiger partial charge in [-0.15, -0.1) is 0 Å². The fourth-order valence-electron chi connectivity index (χ4n) is 5.33. The summed E-state index contributed by atoms with van der Waals surface area (Å²) in [6.45, 7) is 4.52. The van der Waals surface area contributed by atoms with E-state index in [1.165, 1.54) is 12.1 Å². The number of halogens is 1. The quantitative estimate of drug-likeness (QED) is 0.261. The molecule has 202 valence electrons. The third-order valence-electron chi connectivity index (χ3n) is 7.12. The average Bonchev–Trinajstić information content (AvgIpc) is 3.34. The zero-order valence-corrected chi connectivity index (χ0v) is 22.5. The second-order valence-corrected chi connectivity index (χ2v) is 9.71. The van der Waals surface area contributed by atoms with Gasteiger partial charge in [0.1, 0.15) is 11.6 Å². The van der Waals surface area contributed by atoms with Gasteiger partial charge in [-0.3, -0.25) is 0 Å². The normalized spacial score (nSPS) is 15.3. The van der Waals surface area contributed by atoms with Crippen molar-refractivity contribution in [2.75, 3.05) is 16.8 Å². The highest BCUT2D eigenvalue weighted by Gasteiger charge is 2.41. The Hall–Kier alpha value is -5.31. The van der Waals surface area contributed by atoms with Crippen LogP contribution in [-0.4, -0.2) is 33.0 Å². The van der Waals surface area contributed by atoms with Crippen LogP contribution in [0.3, 0.4) is 0 Å². The van der Waals surface area contributed by atoms with Crippen molar-refractivity contribution in [3.8, 4) is 11.6 Å². The maximum absolute atomic E-state index is 14.1. The van der Waals surface area contributed by atoms with Gasteiger partial charge in [-0.2, -0.15) is 9.78 Å². The number of para-hydroxylation sites is 2. The Balaban J connectivity index is 1.44. The van der Waals surface area contributed by atoms with Gasteiger partial charge in [0.25, 0.3) is 0 Å². The van der Waals surface area contributed by atoms with Gasteiger partial charge >= 0.3 is 0 Å². The first-order valence-electron chi connectivity index (χ1n) is 13.4. The van der Waals surface area contributed by atoms with E-state index in [-0.39, 0.29) is 11.9 Å². The zero-order valence-electron chi connectivity index (χ0n) is 22.5. The van der Waals surface area contributed by atoms with Gasteiger partial charge in [-0.05, 0) is 80.1 Å². The van der Waals surface area contributed by atoms with Crippen molar-refractivity contribution in [2.45, 2.75) is 19.9 Å². The number of fused-ring (bicyclic) bond motifs is 4. The van der Waals surface area contributed by atoms with Gasteiger partial charge in [0.2, 0.25) is 0 Å². The van der Waals surface area contributed by atoms with E-state index in [1.54, 1.807) is 10.9 Å². The predicted octanol–water partition coefficient (Wildman–Crippen LogP) is 6.91. The number of aromatic nitrogens is 3. The highest BCUT2D eigenvalue weighted by atomic mass is 19.1. The van der Waals surface area contributed by atoms with Crippen LogP contribution in [0.5, 0.6) is 5.75 Å². The summed E-state index contributed by atoms with van der Waals surface area (Å²) in [5.74, 6) is 3.01. The van der Waals surface area contributed by atoms with E-state index in [1.807, 2.05) is 92.7 Å². The summed E-state index contributed by atoms with van der Waals surface area (Å²) in [6, 6.07) is 27.7. The lowest BCUT2D eigenvalue weighted by Gasteiger charge is -2.40. The minimum absolute atomic E-state index is 0.293. The average molecular weight is 544 g/mol. The number of ether oxygens (including phenoxy) is 1. The highest BCUT2D eigenvalue weighted by molar-refractivity contribution is 6.51. The maximum Gasteiger partial charge on any atom is 0.179 e. The predicted molar refractivity (Wildman–Crippen MR) is 159 cm³/mol. The Morgan fingerprint density at radius 2 is 1.68 bits per heavy atom. The van der Waals surface area contributed by atoms with Gasteiger partial charge in [0, 0.05) is 17.4 Å². The summed E-state index contributed by atoms with van der Waals surface area (Å²) in [5, 5.41) is 8.36. The maximum atomic E-state index is 14.1. The lowest BCUT2D eigenvalue weighted by molar-refractivity contribution is 0.340. The standard InChI is InChI=1S/C32H26FN7O/c1-3-41-24-17-15-23(16-18-24)35-30-32-37-31-28(20(2)38-40(31)27-10-6-7-19-34-27)29(21-11-13-22(33)14-12-21)39(32)26-9-5-4-8-25(26)36-30/h4-19,29H,3H2,1-2H3,(H,35,36)/t29-/m1/s1. The molecule has 0 saturated carbocycles. The number of nitrogens with zero attached hydrogens (tertiary/aromatic N) is 6. The second kappa shape index (κ2) is 10.0.